The number of carboxylic acids is 1. The van der Waals surface area contributed by atoms with Gasteiger partial charge in [-0.2, -0.15) is 0 Å². The Hall–Kier alpha value is -1.71. The Labute approximate surface area is 115 Å². The molecule has 0 amide bonds. The zero-order valence-corrected chi connectivity index (χ0v) is 11.9. The maximum atomic E-state index is 11.0. The lowest BCUT2D eigenvalue weighted by Gasteiger charge is -2.25. The lowest BCUT2D eigenvalue weighted by molar-refractivity contribution is 0.0698. The number of benzene rings is 1. The van der Waals surface area contributed by atoms with Gasteiger partial charge in [0.2, 0.25) is 0 Å². The van der Waals surface area contributed by atoms with Crippen LogP contribution in [0.2, 0.25) is 0 Å². The fourth-order valence-corrected chi connectivity index (χ4v) is 2.01. The first-order valence-corrected chi connectivity index (χ1v) is 6.97. The van der Waals surface area contributed by atoms with Crippen LogP contribution >= 0.6 is 0 Å². The second kappa shape index (κ2) is 7.67. The molecule has 106 valence electrons. The molecule has 0 spiro atoms. The number of carboxylic acid groups (broad SMARTS) is 1. The summed E-state index contributed by atoms with van der Waals surface area (Å²) in [5.41, 5.74) is 7.34. The third kappa shape index (κ3) is 4.47. The second-order valence-corrected chi connectivity index (χ2v) is 4.77. The number of unbranched alkanes of at least 4 members (excludes halogenated alkanes) is 2. The summed E-state index contributed by atoms with van der Waals surface area (Å²) in [6.45, 7) is 6.31. The van der Waals surface area contributed by atoms with Crippen molar-refractivity contribution in [1.82, 2.24) is 0 Å². The van der Waals surface area contributed by atoms with E-state index in [0.717, 1.165) is 44.5 Å². The summed E-state index contributed by atoms with van der Waals surface area (Å²) in [6, 6.07) is 5.22. The predicted molar refractivity (Wildman–Crippen MR) is 79.8 cm³/mol. The average molecular weight is 264 g/mol. The van der Waals surface area contributed by atoms with E-state index < -0.39 is 5.97 Å². The highest BCUT2D eigenvalue weighted by Crippen LogP contribution is 2.22. The molecule has 0 fully saturated rings. The molecular formula is C15H24N2O2. The summed E-state index contributed by atoms with van der Waals surface area (Å²) in [7, 11) is 0. The van der Waals surface area contributed by atoms with E-state index in [1.807, 2.05) is 6.07 Å². The molecule has 1 aromatic carbocycles. The molecule has 0 heterocycles. The van der Waals surface area contributed by atoms with E-state index in [9.17, 15) is 4.79 Å². The maximum Gasteiger partial charge on any atom is 0.337 e. The Bertz CT molecular complexity index is 411. The molecular weight excluding hydrogens is 240 g/mol. The van der Waals surface area contributed by atoms with Crippen LogP contribution in [0.1, 0.15) is 49.9 Å². The van der Waals surface area contributed by atoms with Crippen LogP contribution in [0.15, 0.2) is 18.2 Å². The van der Waals surface area contributed by atoms with Crippen LogP contribution in [0, 0.1) is 0 Å². The van der Waals surface area contributed by atoms with E-state index in [2.05, 4.69) is 18.7 Å². The number of nitrogens with two attached hydrogens (primary N) is 1. The molecule has 0 saturated heterocycles. The van der Waals surface area contributed by atoms with E-state index in [1.165, 1.54) is 0 Å². The quantitative estimate of drug-likeness (QED) is 0.706. The Morgan fingerprint density at radius 1 is 1.21 bits per heavy atom. The summed E-state index contributed by atoms with van der Waals surface area (Å²) < 4.78 is 0. The van der Waals surface area contributed by atoms with Crippen LogP contribution in [0.5, 0.6) is 0 Å². The number of nitrogen functional groups attached to an aromatic ring is 1. The van der Waals surface area contributed by atoms with Crippen molar-refractivity contribution >= 4 is 17.3 Å². The Morgan fingerprint density at radius 3 is 2.21 bits per heavy atom. The number of nitrogens with zero attached hydrogens (tertiary/aromatic N) is 1. The van der Waals surface area contributed by atoms with Crippen LogP contribution in [-0.2, 0) is 0 Å². The minimum absolute atomic E-state index is 0.176. The highest BCUT2D eigenvalue weighted by molar-refractivity contribution is 5.94. The zero-order valence-electron chi connectivity index (χ0n) is 11.9. The van der Waals surface area contributed by atoms with Crippen molar-refractivity contribution in [2.45, 2.75) is 39.5 Å². The second-order valence-electron chi connectivity index (χ2n) is 4.77. The zero-order chi connectivity index (χ0) is 14.3. The third-order valence-corrected chi connectivity index (χ3v) is 3.19. The standard InChI is InChI=1S/C15H24N2O2/c1-3-5-9-17(10-6-4-2)12-7-8-13(15(18)19)14(16)11-12/h7-8,11H,3-6,9-10,16H2,1-2H3,(H,18,19). The normalized spacial score (nSPS) is 10.4. The minimum Gasteiger partial charge on any atom is -0.478 e. The van der Waals surface area contributed by atoms with Gasteiger partial charge in [0, 0.05) is 24.5 Å². The molecule has 0 aliphatic heterocycles. The van der Waals surface area contributed by atoms with Crippen molar-refractivity contribution in [2.24, 2.45) is 0 Å². The Morgan fingerprint density at radius 2 is 1.79 bits per heavy atom. The Balaban J connectivity index is 2.88. The van der Waals surface area contributed by atoms with Gasteiger partial charge in [0.25, 0.3) is 0 Å². The van der Waals surface area contributed by atoms with E-state index in [0.29, 0.717) is 5.69 Å². The summed E-state index contributed by atoms with van der Waals surface area (Å²) in [4.78, 5) is 13.2. The van der Waals surface area contributed by atoms with E-state index in [4.69, 9.17) is 10.8 Å². The monoisotopic (exact) mass is 264 g/mol. The van der Waals surface area contributed by atoms with Gasteiger partial charge in [-0.05, 0) is 31.0 Å². The highest BCUT2D eigenvalue weighted by Gasteiger charge is 2.11. The van der Waals surface area contributed by atoms with E-state index >= 15 is 0 Å². The van der Waals surface area contributed by atoms with Crippen molar-refractivity contribution in [3.05, 3.63) is 23.8 Å². The molecule has 1 aromatic rings. The number of rotatable bonds is 8. The molecule has 4 heteroatoms. The number of aromatic carboxylic acids is 1. The van der Waals surface area contributed by atoms with E-state index in [1.54, 1.807) is 12.1 Å². The molecule has 0 aliphatic rings. The lowest BCUT2D eigenvalue weighted by atomic mass is 10.1. The molecule has 19 heavy (non-hydrogen) atoms. The van der Waals surface area contributed by atoms with Gasteiger partial charge in [0.1, 0.15) is 0 Å². The van der Waals surface area contributed by atoms with E-state index in [-0.39, 0.29) is 5.56 Å². The highest BCUT2D eigenvalue weighted by atomic mass is 16.4. The third-order valence-electron chi connectivity index (χ3n) is 3.19. The molecule has 4 nitrogen and oxygen atoms in total. The molecule has 0 radical (unpaired) electrons. The molecule has 0 bridgehead atoms. The number of anilines is 2. The van der Waals surface area contributed by atoms with Crippen molar-refractivity contribution in [1.29, 1.82) is 0 Å². The number of hydrogen-bond donors (Lipinski definition) is 2. The summed E-state index contributed by atoms with van der Waals surface area (Å²) in [6.07, 6.45) is 4.55. The number of hydrogen-bond acceptors (Lipinski definition) is 3. The van der Waals surface area contributed by atoms with Crippen LogP contribution in [-0.4, -0.2) is 24.2 Å². The van der Waals surface area contributed by atoms with Gasteiger partial charge in [0.05, 0.1) is 5.56 Å². The molecule has 0 saturated carbocycles. The minimum atomic E-state index is -0.974. The molecule has 0 aliphatic carbocycles. The lowest BCUT2D eigenvalue weighted by Crippen LogP contribution is -2.25. The average Bonchev–Trinajstić information content (AvgIpc) is 2.38. The summed E-state index contributed by atoms with van der Waals surface area (Å²) in [5.74, 6) is -0.974. The van der Waals surface area contributed by atoms with Gasteiger partial charge in [-0.1, -0.05) is 26.7 Å². The van der Waals surface area contributed by atoms with Crippen molar-refractivity contribution in [3.8, 4) is 0 Å². The summed E-state index contributed by atoms with van der Waals surface area (Å²) in [5, 5.41) is 8.98. The number of carbonyl (C=O) groups is 1. The van der Waals surface area contributed by atoms with Crippen molar-refractivity contribution in [2.75, 3.05) is 23.7 Å². The van der Waals surface area contributed by atoms with Crippen LogP contribution in [0.4, 0.5) is 11.4 Å². The smallest absolute Gasteiger partial charge is 0.337 e. The molecule has 3 N–H and O–H groups in total. The topological polar surface area (TPSA) is 66.6 Å². The first kappa shape index (κ1) is 15.3. The molecule has 0 aromatic heterocycles. The first-order valence-electron chi connectivity index (χ1n) is 6.97. The fraction of sp³-hybridized carbons (Fsp3) is 0.533. The predicted octanol–water partition coefficient (Wildman–Crippen LogP) is 3.37. The first-order chi connectivity index (χ1) is 9.10. The van der Waals surface area contributed by atoms with Gasteiger partial charge in [-0.3, -0.25) is 0 Å². The van der Waals surface area contributed by atoms with Crippen LogP contribution in [0.25, 0.3) is 0 Å². The van der Waals surface area contributed by atoms with Crippen LogP contribution < -0.4 is 10.6 Å². The van der Waals surface area contributed by atoms with Gasteiger partial charge in [-0.25, -0.2) is 4.79 Å². The molecule has 0 atom stereocenters. The maximum absolute atomic E-state index is 11.0. The Kier molecular flexibility index (Phi) is 6.19. The molecule has 0 unspecified atom stereocenters. The van der Waals surface area contributed by atoms with Crippen LogP contribution in [0.3, 0.4) is 0 Å². The summed E-state index contributed by atoms with van der Waals surface area (Å²) >= 11 is 0. The van der Waals surface area contributed by atoms with Gasteiger partial charge >= 0.3 is 5.97 Å². The largest absolute Gasteiger partial charge is 0.478 e. The van der Waals surface area contributed by atoms with Gasteiger partial charge in [-0.15, -0.1) is 0 Å². The SMILES string of the molecule is CCCCN(CCCC)c1ccc(C(=O)O)c(N)c1. The fourth-order valence-electron chi connectivity index (χ4n) is 2.01. The molecule has 1 rings (SSSR count). The van der Waals surface area contributed by atoms with Gasteiger partial charge in [0.15, 0.2) is 0 Å². The van der Waals surface area contributed by atoms with Crippen molar-refractivity contribution in [3.63, 3.8) is 0 Å². The van der Waals surface area contributed by atoms with Crippen molar-refractivity contribution < 1.29 is 9.90 Å². The van der Waals surface area contributed by atoms with Gasteiger partial charge < -0.3 is 15.7 Å².